The number of hydrogen-bond donors (Lipinski definition) is 2. The standard InChI is InChI=1S/C22H17F2N5O2S/c1-12-19(14-4-2-3-5-17(14)25-12)18(30)11-32-22-27-26-20-21(31)28(8-9-29(20)22)13-6-7-15(23)16(24)10-13/h2-10,20,25-26H,11H2,1H3. The molecule has 2 aliphatic rings. The predicted molar refractivity (Wildman–Crippen MR) is 119 cm³/mol. The minimum Gasteiger partial charge on any atom is -0.358 e. The molecule has 1 aromatic heterocycles. The molecule has 0 fully saturated rings. The summed E-state index contributed by atoms with van der Waals surface area (Å²) in [6.07, 6.45) is 2.24. The molecule has 7 nitrogen and oxygen atoms in total. The minimum absolute atomic E-state index is 0.0492. The zero-order chi connectivity index (χ0) is 22.4. The molecule has 1 atom stereocenters. The summed E-state index contributed by atoms with van der Waals surface area (Å²) in [6.45, 7) is 1.86. The van der Waals surface area contributed by atoms with Gasteiger partial charge in [-0.3, -0.25) is 24.8 Å². The van der Waals surface area contributed by atoms with E-state index < -0.39 is 23.7 Å². The lowest BCUT2D eigenvalue weighted by Crippen LogP contribution is -2.52. The van der Waals surface area contributed by atoms with Gasteiger partial charge < -0.3 is 4.98 Å². The zero-order valence-corrected chi connectivity index (χ0v) is 17.6. The van der Waals surface area contributed by atoms with E-state index in [0.29, 0.717) is 10.7 Å². The fourth-order valence-corrected chi connectivity index (χ4v) is 4.64. The van der Waals surface area contributed by atoms with Crippen molar-refractivity contribution in [3.63, 3.8) is 0 Å². The van der Waals surface area contributed by atoms with Gasteiger partial charge in [0.05, 0.1) is 11.4 Å². The van der Waals surface area contributed by atoms with E-state index >= 15 is 0 Å². The number of carbonyl (C=O) groups is 2. The highest BCUT2D eigenvalue weighted by Crippen LogP contribution is 2.28. The lowest BCUT2D eigenvalue weighted by molar-refractivity contribution is -0.122. The molecular formula is C22H17F2N5O2S. The molecule has 0 bridgehead atoms. The van der Waals surface area contributed by atoms with E-state index in [1.807, 2.05) is 31.2 Å². The molecule has 3 heterocycles. The number of Topliss-reactive ketones (excluding diaryl/α,β-unsaturated/α-hetero) is 1. The highest BCUT2D eigenvalue weighted by atomic mass is 32.2. The van der Waals surface area contributed by atoms with Crippen LogP contribution in [0.3, 0.4) is 0 Å². The summed E-state index contributed by atoms with van der Waals surface area (Å²) in [5, 5.41) is 5.53. The molecule has 3 aromatic rings. The van der Waals surface area contributed by atoms with Crippen molar-refractivity contribution >= 4 is 45.2 Å². The van der Waals surface area contributed by atoms with Crippen molar-refractivity contribution in [3.8, 4) is 0 Å². The number of ketones is 1. The Bertz CT molecular complexity index is 1320. The first-order valence-electron chi connectivity index (χ1n) is 9.75. The Morgan fingerprint density at radius 2 is 1.97 bits per heavy atom. The van der Waals surface area contributed by atoms with Gasteiger partial charge in [-0.05, 0) is 25.1 Å². The molecule has 10 heteroatoms. The number of fused-ring (bicyclic) bond motifs is 2. The molecule has 0 saturated heterocycles. The van der Waals surface area contributed by atoms with Crippen LogP contribution in [0.4, 0.5) is 14.5 Å². The van der Waals surface area contributed by atoms with Crippen LogP contribution < -0.4 is 10.3 Å². The first-order valence-corrected chi connectivity index (χ1v) is 10.7. The van der Waals surface area contributed by atoms with Crippen LogP contribution in [0.1, 0.15) is 16.1 Å². The summed E-state index contributed by atoms with van der Waals surface area (Å²) < 4.78 is 26.8. The highest BCUT2D eigenvalue weighted by Gasteiger charge is 2.38. The number of benzene rings is 2. The van der Waals surface area contributed by atoms with Crippen molar-refractivity contribution in [2.24, 2.45) is 5.10 Å². The SMILES string of the molecule is Cc1[nH]c2ccccc2c1C(=O)CSC1=NNC2C(=O)N(c3ccc(F)c(F)c3)C=CN12. The second-order valence-electron chi connectivity index (χ2n) is 7.32. The number of para-hydroxylation sites is 1. The van der Waals surface area contributed by atoms with E-state index in [2.05, 4.69) is 15.5 Å². The van der Waals surface area contributed by atoms with Gasteiger partial charge in [-0.1, -0.05) is 30.0 Å². The molecule has 0 radical (unpaired) electrons. The van der Waals surface area contributed by atoms with E-state index in [1.54, 1.807) is 11.1 Å². The number of H-pyrrole nitrogens is 1. The Hall–Kier alpha value is -3.66. The number of amidine groups is 1. The number of rotatable bonds is 4. The Morgan fingerprint density at radius 3 is 2.78 bits per heavy atom. The summed E-state index contributed by atoms with van der Waals surface area (Å²) in [6, 6.07) is 10.9. The van der Waals surface area contributed by atoms with Crippen LogP contribution in [0.5, 0.6) is 0 Å². The number of aromatic amines is 1. The molecule has 1 amide bonds. The molecule has 0 spiro atoms. The molecule has 0 aliphatic carbocycles. The van der Waals surface area contributed by atoms with Crippen molar-refractivity contribution in [2.75, 3.05) is 10.7 Å². The maximum absolute atomic E-state index is 13.6. The number of anilines is 1. The predicted octanol–water partition coefficient (Wildman–Crippen LogP) is 3.69. The second kappa shape index (κ2) is 7.79. The van der Waals surface area contributed by atoms with Gasteiger partial charge in [0.1, 0.15) is 0 Å². The number of aromatic nitrogens is 1. The van der Waals surface area contributed by atoms with Crippen LogP contribution in [-0.4, -0.2) is 38.7 Å². The number of amides is 1. The van der Waals surface area contributed by atoms with Crippen molar-refractivity contribution in [2.45, 2.75) is 13.1 Å². The lowest BCUT2D eigenvalue weighted by atomic mass is 10.1. The topological polar surface area (TPSA) is 80.8 Å². The summed E-state index contributed by atoms with van der Waals surface area (Å²) >= 11 is 1.22. The molecule has 2 aromatic carbocycles. The van der Waals surface area contributed by atoms with Gasteiger partial charge in [0.2, 0.25) is 6.17 Å². The number of thioether (sulfide) groups is 1. The molecular weight excluding hydrogens is 436 g/mol. The van der Waals surface area contributed by atoms with E-state index in [0.717, 1.165) is 28.7 Å². The van der Waals surface area contributed by atoms with Gasteiger partial charge in [-0.25, -0.2) is 8.78 Å². The third-order valence-electron chi connectivity index (χ3n) is 5.32. The first-order chi connectivity index (χ1) is 15.4. The van der Waals surface area contributed by atoms with Crippen LogP contribution >= 0.6 is 11.8 Å². The molecule has 162 valence electrons. The van der Waals surface area contributed by atoms with Crippen molar-refractivity contribution in [1.82, 2.24) is 15.3 Å². The number of nitrogens with zero attached hydrogens (tertiary/aromatic N) is 3. The minimum atomic E-state index is -1.04. The third-order valence-corrected chi connectivity index (χ3v) is 6.28. The third kappa shape index (κ3) is 3.32. The smallest absolute Gasteiger partial charge is 0.276 e. The maximum atomic E-state index is 13.6. The number of hydrogen-bond acceptors (Lipinski definition) is 6. The van der Waals surface area contributed by atoms with Crippen molar-refractivity contribution in [3.05, 3.63) is 77.8 Å². The van der Waals surface area contributed by atoms with E-state index in [1.165, 1.54) is 28.9 Å². The number of carbonyl (C=O) groups excluding carboxylic acids is 2. The quantitative estimate of drug-likeness (QED) is 0.589. The Balaban J connectivity index is 1.31. The number of aryl methyl sites for hydroxylation is 1. The summed E-state index contributed by atoms with van der Waals surface area (Å²) in [5.41, 5.74) is 5.30. The zero-order valence-electron chi connectivity index (χ0n) is 16.8. The Labute approximate surface area is 185 Å². The van der Waals surface area contributed by atoms with Crippen LogP contribution in [0, 0.1) is 18.6 Å². The molecule has 2 aliphatic heterocycles. The first kappa shape index (κ1) is 20.3. The number of nitrogens with one attached hydrogen (secondary N) is 2. The van der Waals surface area contributed by atoms with Crippen LogP contribution in [0.15, 0.2) is 60.0 Å². The average molecular weight is 453 g/mol. The number of halogens is 2. The van der Waals surface area contributed by atoms with Gasteiger partial charge in [0.15, 0.2) is 22.6 Å². The summed E-state index contributed by atoms with van der Waals surface area (Å²) in [5.74, 6) is -2.34. The molecule has 1 unspecified atom stereocenters. The van der Waals surface area contributed by atoms with Crippen molar-refractivity contribution < 1.29 is 18.4 Å². The maximum Gasteiger partial charge on any atom is 0.276 e. The lowest BCUT2D eigenvalue weighted by Gasteiger charge is -2.31. The van der Waals surface area contributed by atoms with Gasteiger partial charge in [-0.2, -0.15) is 5.10 Å². The summed E-state index contributed by atoms with van der Waals surface area (Å²) in [7, 11) is 0. The molecule has 0 saturated carbocycles. The largest absolute Gasteiger partial charge is 0.358 e. The fraction of sp³-hybridized carbons (Fsp3) is 0.136. The Morgan fingerprint density at radius 1 is 1.16 bits per heavy atom. The normalized spacial score (nSPS) is 17.5. The van der Waals surface area contributed by atoms with Crippen LogP contribution in [0.25, 0.3) is 10.9 Å². The number of hydrazone groups is 1. The Kier molecular flexibility index (Phi) is 4.93. The van der Waals surface area contributed by atoms with Gasteiger partial charge in [0.25, 0.3) is 5.91 Å². The fourth-order valence-electron chi connectivity index (χ4n) is 3.81. The molecule has 32 heavy (non-hydrogen) atoms. The van der Waals surface area contributed by atoms with Gasteiger partial charge in [-0.15, -0.1) is 0 Å². The molecule has 5 rings (SSSR count). The van der Waals surface area contributed by atoms with Gasteiger partial charge in [0, 0.05) is 40.6 Å². The second-order valence-corrected chi connectivity index (χ2v) is 8.26. The van der Waals surface area contributed by atoms with E-state index in [4.69, 9.17) is 0 Å². The van der Waals surface area contributed by atoms with Crippen molar-refractivity contribution in [1.29, 1.82) is 0 Å². The molecule has 2 N–H and O–H groups in total. The van der Waals surface area contributed by atoms with Crippen LogP contribution in [-0.2, 0) is 4.79 Å². The average Bonchev–Trinajstić information content (AvgIpc) is 3.35. The monoisotopic (exact) mass is 453 g/mol. The highest BCUT2D eigenvalue weighted by molar-refractivity contribution is 8.14. The van der Waals surface area contributed by atoms with Gasteiger partial charge >= 0.3 is 0 Å². The van der Waals surface area contributed by atoms with Crippen LogP contribution in [0.2, 0.25) is 0 Å². The summed E-state index contributed by atoms with van der Waals surface area (Å²) in [4.78, 5) is 31.8. The van der Waals surface area contributed by atoms with E-state index in [9.17, 15) is 18.4 Å². The van der Waals surface area contributed by atoms with E-state index in [-0.39, 0.29) is 17.2 Å².